The first kappa shape index (κ1) is 22.7. The summed E-state index contributed by atoms with van der Waals surface area (Å²) in [6, 6.07) is 0. The van der Waals surface area contributed by atoms with Crippen LogP contribution in [0.5, 0.6) is 0 Å². The van der Waals surface area contributed by atoms with Crippen LogP contribution in [-0.4, -0.2) is 66.0 Å². The summed E-state index contributed by atoms with van der Waals surface area (Å²) in [5.41, 5.74) is 5.02. The van der Waals surface area contributed by atoms with Crippen molar-refractivity contribution in [2.24, 2.45) is 5.73 Å². The largest absolute Gasteiger partial charge is 2.00 e. The van der Waals surface area contributed by atoms with Crippen molar-refractivity contribution in [1.29, 1.82) is 0 Å². The van der Waals surface area contributed by atoms with Crippen molar-refractivity contribution in [2.75, 3.05) is 33.7 Å². The van der Waals surface area contributed by atoms with E-state index >= 15 is 0 Å². The van der Waals surface area contributed by atoms with Gasteiger partial charge in [0.25, 0.3) is 0 Å². The minimum atomic E-state index is -0.456. The van der Waals surface area contributed by atoms with Crippen molar-refractivity contribution in [1.82, 2.24) is 19.9 Å². The van der Waals surface area contributed by atoms with E-state index < -0.39 is 5.91 Å². The molecular weight excluding hydrogens is 482 g/mol. The van der Waals surface area contributed by atoms with Crippen LogP contribution in [0.4, 0.5) is 0 Å². The predicted octanol–water partition coefficient (Wildman–Crippen LogP) is -0.102. The van der Waals surface area contributed by atoms with Gasteiger partial charge in [-0.05, 0) is 40.0 Å². The first-order valence-electron chi connectivity index (χ1n) is 7.49. The fourth-order valence-corrected chi connectivity index (χ4v) is 2.21. The number of piperidine rings is 1. The van der Waals surface area contributed by atoms with Crippen LogP contribution in [0.1, 0.15) is 31.5 Å². The van der Waals surface area contributed by atoms with E-state index in [9.17, 15) is 9.59 Å². The van der Waals surface area contributed by atoms with Gasteiger partial charge in [0.1, 0.15) is 6.42 Å². The second-order valence-electron chi connectivity index (χ2n) is 6.04. The van der Waals surface area contributed by atoms with Gasteiger partial charge in [-0.3, -0.25) is 4.79 Å². The molecule has 0 unspecified atom stereocenters. The molecule has 0 aromatic carbocycles. The van der Waals surface area contributed by atoms with Gasteiger partial charge in [0.2, 0.25) is 11.8 Å². The molecule has 1 aromatic heterocycles. The number of nitrogens with two attached hydrogens (primary N) is 1. The summed E-state index contributed by atoms with van der Waals surface area (Å²) in [6.45, 7) is 8.82. The Balaban J connectivity index is 0.000000777. The van der Waals surface area contributed by atoms with Gasteiger partial charge in [0.05, 0.1) is 0 Å². The van der Waals surface area contributed by atoms with Crippen molar-refractivity contribution in [3.8, 4) is 0 Å². The van der Waals surface area contributed by atoms with Crippen molar-refractivity contribution >= 4 is 12.3 Å². The van der Waals surface area contributed by atoms with E-state index in [1.165, 1.54) is 4.90 Å². The van der Waals surface area contributed by atoms with Crippen LogP contribution in [0.25, 0.3) is 0 Å². The molecule has 9 heteroatoms. The van der Waals surface area contributed by atoms with E-state index in [4.69, 9.17) is 10.3 Å². The van der Waals surface area contributed by atoms with Crippen LogP contribution in [0, 0.1) is 6.92 Å². The van der Waals surface area contributed by atoms with Gasteiger partial charge in [-0.2, -0.15) is 11.4 Å². The Kier molecular flexibility index (Phi) is 10.0. The first-order chi connectivity index (χ1) is 10.8. The second kappa shape index (κ2) is 10.6. The zero-order chi connectivity index (χ0) is 17.5. The van der Waals surface area contributed by atoms with Gasteiger partial charge in [0.15, 0.2) is 5.82 Å². The molecule has 1 aliphatic heterocycles. The van der Waals surface area contributed by atoms with E-state index in [-0.39, 0.29) is 32.9 Å². The molecule has 1 aliphatic rings. The third-order valence-electron chi connectivity index (χ3n) is 3.79. The number of nitrogens with zero attached hydrogens (tertiary/aromatic N) is 4. The number of hydrogen-bond acceptors (Lipinski definition) is 6. The zero-order valence-electron chi connectivity index (χ0n) is 14.4. The molecule has 0 bridgehead atoms. The normalized spacial score (nSPS) is 16.3. The third kappa shape index (κ3) is 7.09. The monoisotopic (exact) mass is 507 g/mol. The molecule has 2 heterocycles. The Bertz CT molecular complexity index is 513. The van der Waals surface area contributed by atoms with Crippen molar-refractivity contribution in [3.63, 3.8) is 0 Å². The van der Waals surface area contributed by atoms with E-state index in [1.807, 2.05) is 0 Å². The smallest absolute Gasteiger partial charge is 0.522 e. The van der Waals surface area contributed by atoms with E-state index in [2.05, 4.69) is 28.9 Å². The topological polar surface area (TPSA) is 106 Å². The van der Waals surface area contributed by atoms with Gasteiger partial charge in [-0.15, -0.1) is 6.54 Å². The van der Waals surface area contributed by atoms with Gasteiger partial charge in [-0.1, -0.05) is 12.1 Å². The van der Waals surface area contributed by atoms with Crippen LogP contribution >= 0.6 is 0 Å². The van der Waals surface area contributed by atoms with Gasteiger partial charge >= 0.3 is 21.1 Å². The molecule has 0 spiro atoms. The molecule has 1 fully saturated rings. The molecule has 2 rings (SSSR count). The fourth-order valence-electron chi connectivity index (χ4n) is 2.21. The third-order valence-corrected chi connectivity index (χ3v) is 3.79. The quantitative estimate of drug-likeness (QED) is 0.441. The summed E-state index contributed by atoms with van der Waals surface area (Å²) in [5.74, 6) is 0.531. The molecule has 134 valence electrons. The molecule has 8 nitrogen and oxygen atoms in total. The number of rotatable bonds is 5. The fraction of sp³-hybridized carbons (Fsp3) is 0.667. The Hall–Kier alpha value is -1.27. The molecular formula is C15H25N5O3W. The Morgan fingerprint density at radius 1 is 1.46 bits per heavy atom. The van der Waals surface area contributed by atoms with Crippen LogP contribution in [0.15, 0.2) is 4.52 Å². The summed E-state index contributed by atoms with van der Waals surface area (Å²) in [4.78, 5) is 28.0. The summed E-state index contributed by atoms with van der Waals surface area (Å²) in [6.07, 6.45) is 3.56. The summed E-state index contributed by atoms with van der Waals surface area (Å²) < 4.78 is 5.06. The van der Waals surface area contributed by atoms with Gasteiger partial charge in [0, 0.05) is 5.41 Å². The summed E-state index contributed by atoms with van der Waals surface area (Å²) >= 11 is 0. The molecule has 2 N–H and O–H groups in total. The first-order valence-corrected chi connectivity index (χ1v) is 7.49. The summed E-state index contributed by atoms with van der Waals surface area (Å²) in [5, 5.41) is 3.99. The number of hydrogen-bond donors (Lipinski definition) is 1. The van der Waals surface area contributed by atoms with E-state index in [0.29, 0.717) is 11.7 Å². The molecule has 2 amide bonds. The van der Waals surface area contributed by atoms with Gasteiger partial charge in [-0.25, -0.2) is 0 Å². The van der Waals surface area contributed by atoms with E-state index in [1.54, 1.807) is 20.5 Å². The summed E-state index contributed by atoms with van der Waals surface area (Å²) in [7, 11) is 3.26. The van der Waals surface area contributed by atoms with Crippen molar-refractivity contribution in [3.05, 3.63) is 18.6 Å². The van der Waals surface area contributed by atoms with Crippen LogP contribution < -0.4 is 5.73 Å². The standard InChI is InChI=1S/C12H19N4O2.C3H6NO.W/c1-3-16-6-4-12(2,5-7-16)11-14-10(18-15-11)8-9(13)17;1-4(2)3-5;/h1,3-8H2,2H3,(H2,13,17);1-2H3;/q2*-1;+2. The number of primary amides is 1. The second-order valence-corrected chi connectivity index (χ2v) is 6.04. The van der Waals surface area contributed by atoms with Gasteiger partial charge < -0.3 is 31.8 Å². The average Bonchev–Trinajstić information content (AvgIpc) is 2.97. The Morgan fingerprint density at radius 2 is 2.00 bits per heavy atom. The maximum absolute atomic E-state index is 10.8. The maximum atomic E-state index is 10.8. The number of amides is 2. The van der Waals surface area contributed by atoms with Crippen LogP contribution in [0.2, 0.25) is 0 Å². The molecule has 0 atom stereocenters. The molecule has 0 aliphatic carbocycles. The van der Waals surface area contributed by atoms with Crippen LogP contribution in [0.3, 0.4) is 0 Å². The molecule has 1 aromatic rings. The zero-order valence-corrected chi connectivity index (χ0v) is 17.4. The van der Waals surface area contributed by atoms with Crippen molar-refractivity contribution < 1.29 is 35.2 Å². The number of carbonyl (C=O) groups excluding carboxylic acids is 2. The minimum absolute atomic E-state index is 0. The maximum Gasteiger partial charge on any atom is 2.00 e. The number of likely N-dealkylation sites (tertiary alicyclic amines) is 1. The molecule has 0 saturated carbocycles. The average molecular weight is 507 g/mol. The molecule has 24 heavy (non-hydrogen) atoms. The Morgan fingerprint density at radius 3 is 2.42 bits per heavy atom. The molecule has 1 saturated heterocycles. The minimum Gasteiger partial charge on any atom is -0.522 e. The van der Waals surface area contributed by atoms with Crippen LogP contribution in [-0.2, 0) is 42.5 Å². The number of carbonyl (C=O) groups is 1. The number of aromatic nitrogens is 2. The predicted molar refractivity (Wildman–Crippen MR) is 85.0 cm³/mol. The SMILES string of the molecule is CN(C)[C-]=O.[CH2-]CN1CCC(C)(c2noc(CC(N)=O)n2)CC1.[W+2]. The van der Waals surface area contributed by atoms with Crippen molar-refractivity contribution in [2.45, 2.75) is 31.6 Å². The van der Waals surface area contributed by atoms with E-state index in [0.717, 1.165) is 32.5 Å². The Labute approximate surface area is 157 Å². The molecule has 0 radical (unpaired) electrons.